The topological polar surface area (TPSA) is 48.8 Å². The Labute approximate surface area is 67.4 Å². The third-order valence-electron chi connectivity index (χ3n) is 1.15. The SMILES string of the molecule is CCCC#CCC(C)N=[N+]=[N-]. The monoisotopic (exact) mass is 151 g/mol. The van der Waals surface area contributed by atoms with Gasteiger partial charge in [0.1, 0.15) is 0 Å². The molecule has 0 heterocycles. The van der Waals surface area contributed by atoms with Crippen LogP contribution in [0, 0.1) is 11.8 Å². The Morgan fingerprint density at radius 3 is 2.82 bits per heavy atom. The van der Waals surface area contributed by atoms with Crippen LogP contribution in [0.3, 0.4) is 0 Å². The second-order valence-corrected chi connectivity index (χ2v) is 2.36. The van der Waals surface area contributed by atoms with Gasteiger partial charge in [-0.15, -0.1) is 11.8 Å². The summed E-state index contributed by atoms with van der Waals surface area (Å²) in [6.45, 7) is 3.95. The van der Waals surface area contributed by atoms with Crippen molar-refractivity contribution in [2.75, 3.05) is 0 Å². The van der Waals surface area contributed by atoms with Crippen LogP contribution in [0.25, 0.3) is 10.4 Å². The molecule has 0 aliphatic rings. The number of hydrogen-bond donors (Lipinski definition) is 0. The summed E-state index contributed by atoms with van der Waals surface area (Å²) in [5, 5.41) is 3.50. The molecule has 3 heteroatoms. The summed E-state index contributed by atoms with van der Waals surface area (Å²) in [4.78, 5) is 2.69. The van der Waals surface area contributed by atoms with Gasteiger partial charge in [0.25, 0.3) is 0 Å². The highest BCUT2D eigenvalue weighted by Crippen LogP contribution is 1.94. The molecule has 0 amide bonds. The minimum Gasteiger partial charge on any atom is -0.103 e. The smallest absolute Gasteiger partial charge is 0.0455 e. The third kappa shape index (κ3) is 6.76. The molecule has 0 fully saturated rings. The van der Waals surface area contributed by atoms with E-state index >= 15 is 0 Å². The Balaban J connectivity index is 3.54. The zero-order valence-corrected chi connectivity index (χ0v) is 7.04. The van der Waals surface area contributed by atoms with Gasteiger partial charge >= 0.3 is 0 Å². The zero-order valence-electron chi connectivity index (χ0n) is 7.04. The summed E-state index contributed by atoms with van der Waals surface area (Å²) in [6, 6.07) is 0.00403. The van der Waals surface area contributed by atoms with E-state index in [9.17, 15) is 0 Å². The van der Waals surface area contributed by atoms with Crippen LogP contribution >= 0.6 is 0 Å². The molecule has 0 aromatic heterocycles. The predicted molar refractivity (Wildman–Crippen MR) is 45.9 cm³/mol. The van der Waals surface area contributed by atoms with Crippen LogP contribution < -0.4 is 0 Å². The Morgan fingerprint density at radius 1 is 1.55 bits per heavy atom. The van der Waals surface area contributed by atoms with Crippen molar-refractivity contribution >= 4 is 0 Å². The zero-order chi connectivity index (χ0) is 8.53. The maximum Gasteiger partial charge on any atom is 0.0455 e. The van der Waals surface area contributed by atoms with Crippen molar-refractivity contribution in [3.05, 3.63) is 10.4 Å². The lowest BCUT2D eigenvalue weighted by Gasteiger charge is -1.93. The summed E-state index contributed by atoms with van der Waals surface area (Å²) < 4.78 is 0. The summed E-state index contributed by atoms with van der Waals surface area (Å²) in [5.41, 5.74) is 8.05. The number of hydrogen-bond acceptors (Lipinski definition) is 1. The molecule has 0 bridgehead atoms. The van der Waals surface area contributed by atoms with Gasteiger partial charge in [0.15, 0.2) is 0 Å². The van der Waals surface area contributed by atoms with E-state index in [1.165, 1.54) is 0 Å². The van der Waals surface area contributed by atoms with Gasteiger partial charge in [0.05, 0.1) is 0 Å². The molecule has 0 aromatic rings. The molecule has 0 saturated heterocycles. The summed E-state index contributed by atoms with van der Waals surface area (Å²) in [7, 11) is 0. The first-order valence-corrected chi connectivity index (χ1v) is 3.81. The first-order valence-electron chi connectivity index (χ1n) is 3.81. The van der Waals surface area contributed by atoms with Gasteiger partial charge in [-0.2, -0.15) is 0 Å². The maximum absolute atomic E-state index is 8.05. The average Bonchev–Trinajstić information content (AvgIpc) is 1.99. The molecule has 0 aromatic carbocycles. The van der Waals surface area contributed by atoms with Gasteiger partial charge in [-0.05, 0) is 12.0 Å². The molecule has 60 valence electrons. The maximum atomic E-state index is 8.05. The van der Waals surface area contributed by atoms with Crippen LogP contribution in [0.2, 0.25) is 0 Å². The Hall–Kier alpha value is -1.13. The van der Waals surface area contributed by atoms with Crippen LogP contribution in [0.4, 0.5) is 0 Å². The van der Waals surface area contributed by atoms with Gasteiger partial charge in [-0.25, -0.2) is 0 Å². The molecule has 11 heavy (non-hydrogen) atoms. The van der Waals surface area contributed by atoms with Crippen molar-refractivity contribution in [3.8, 4) is 11.8 Å². The average molecular weight is 151 g/mol. The molecule has 0 aliphatic carbocycles. The largest absolute Gasteiger partial charge is 0.103 e. The molecular formula is C8H13N3. The molecule has 1 atom stereocenters. The van der Waals surface area contributed by atoms with E-state index in [0.29, 0.717) is 6.42 Å². The summed E-state index contributed by atoms with van der Waals surface area (Å²) >= 11 is 0. The second-order valence-electron chi connectivity index (χ2n) is 2.36. The number of unbranched alkanes of at least 4 members (excludes halogenated alkanes) is 1. The standard InChI is InChI=1S/C8H13N3/c1-3-4-5-6-7-8(2)10-11-9/h8H,3-4,7H2,1-2H3. The molecule has 0 spiro atoms. The highest BCUT2D eigenvalue weighted by molar-refractivity contribution is 5.00. The van der Waals surface area contributed by atoms with Crippen LogP contribution in [-0.4, -0.2) is 6.04 Å². The molecular weight excluding hydrogens is 138 g/mol. The predicted octanol–water partition coefficient (Wildman–Crippen LogP) is 2.88. The van der Waals surface area contributed by atoms with E-state index in [1.54, 1.807) is 0 Å². The molecule has 0 aliphatic heterocycles. The number of rotatable bonds is 3. The normalized spacial score (nSPS) is 10.7. The van der Waals surface area contributed by atoms with E-state index in [2.05, 4.69) is 28.8 Å². The minimum absolute atomic E-state index is 0.00403. The number of azide groups is 1. The molecule has 1 unspecified atom stereocenters. The fourth-order valence-electron chi connectivity index (χ4n) is 0.562. The number of nitrogens with zero attached hydrogens (tertiary/aromatic N) is 3. The first-order chi connectivity index (χ1) is 5.31. The van der Waals surface area contributed by atoms with Crippen molar-refractivity contribution in [1.29, 1.82) is 0 Å². The fourth-order valence-corrected chi connectivity index (χ4v) is 0.562. The molecule has 0 N–H and O–H groups in total. The fraction of sp³-hybridized carbons (Fsp3) is 0.750. The van der Waals surface area contributed by atoms with Gasteiger partial charge in [0, 0.05) is 23.8 Å². The van der Waals surface area contributed by atoms with Gasteiger partial charge in [-0.3, -0.25) is 0 Å². The van der Waals surface area contributed by atoms with Crippen LogP contribution in [0.15, 0.2) is 5.11 Å². The van der Waals surface area contributed by atoms with Crippen LogP contribution in [-0.2, 0) is 0 Å². The van der Waals surface area contributed by atoms with Crippen LogP contribution in [0.1, 0.15) is 33.1 Å². The van der Waals surface area contributed by atoms with Gasteiger partial charge < -0.3 is 0 Å². The Morgan fingerprint density at radius 2 is 2.27 bits per heavy atom. The van der Waals surface area contributed by atoms with E-state index in [0.717, 1.165) is 12.8 Å². The van der Waals surface area contributed by atoms with Crippen molar-refractivity contribution in [3.63, 3.8) is 0 Å². The second kappa shape index (κ2) is 6.98. The Kier molecular flexibility index (Phi) is 6.27. The summed E-state index contributed by atoms with van der Waals surface area (Å²) in [5.74, 6) is 5.95. The Bertz CT molecular complexity index is 193. The van der Waals surface area contributed by atoms with Gasteiger partial charge in [-0.1, -0.05) is 19.0 Å². The highest BCUT2D eigenvalue weighted by atomic mass is 15.1. The van der Waals surface area contributed by atoms with Crippen molar-refractivity contribution in [1.82, 2.24) is 0 Å². The van der Waals surface area contributed by atoms with E-state index in [1.807, 2.05) is 6.92 Å². The van der Waals surface area contributed by atoms with Crippen molar-refractivity contribution in [2.24, 2.45) is 5.11 Å². The molecule has 0 rings (SSSR count). The lowest BCUT2D eigenvalue weighted by Crippen LogP contribution is -1.92. The van der Waals surface area contributed by atoms with Gasteiger partial charge in [0.2, 0.25) is 0 Å². The molecule has 0 saturated carbocycles. The van der Waals surface area contributed by atoms with E-state index in [-0.39, 0.29) is 6.04 Å². The van der Waals surface area contributed by atoms with E-state index < -0.39 is 0 Å². The van der Waals surface area contributed by atoms with Crippen LogP contribution in [0.5, 0.6) is 0 Å². The van der Waals surface area contributed by atoms with E-state index in [4.69, 9.17) is 5.53 Å². The third-order valence-corrected chi connectivity index (χ3v) is 1.15. The highest BCUT2D eigenvalue weighted by Gasteiger charge is 1.91. The van der Waals surface area contributed by atoms with Crippen molar-refractivity contribution in [2.45, 2.75) is 39.2 Å². The lowest BCUT2D eigenvalue weighted by atomic mass is 10.2. The summed E-state index contributed by atoms with van der Waals surface area (Å²) in [6.07, 6.45) is 2.69. The minimum atomic E-state index is 0.00403. The quantitative estimate of drug-likeness (QED) is 0.258. The van der Waals surface area contributed by atoms with Crippen molar-refractivity contribution < 1.29 is 0 Å². The molecule has 0 radical (unpaired) electrons. The molecule has 3 nitrogen and oxygen atoms in total. The lowest BCUT2D eigenvalue weighted by molar-refractivity contribution is 0.761. The first kappa shape index (κ1) is 9.87.